The number of aliphatic carboxylic acids is 1. The van der Waals surface area contributed by atoms with Gasteiger partial charge in [0.15, 0.2) is 0 Å². The summed E-state index contributed by atoms with van der Waals surface area (Å²) in [4.78, 5) is 25.0. The van der Waals surface area contributed by atoms with Crippen LogP contribution < -0.4 is 5.32 Å². The SMILES string of the molecule is CC1CC(C(=O)O)CCN1CC(=O)Nc1ccccc1. The van der Waals surface area contributed by atoms with Gasteiger partial charge in [0.2, 0.25) is 5.91 Å². The number of hydrogen-bond acceptors (Lipinski definition) is 3. The Hall–Kier alpha value is -1.88. The van der Waals surface area contributed by atoms with E-state index in [1.165, 1.54) is 0 Å². The topological polar surface area (TPSA) is 69.6 Å². The maximum Gasteiger partial charge on any atom is 0.306 e. The number of nitrogens with one attached hydrogen (secondary N) is 1. The van der Waals surface area contributed by atoms with Crippen molar-refractivity contribution < 1.29 is 14.7 Å². The summed E-state index contributed by atoms with van der Waals surface area (Å²) in [5.74, 6) is -1.07. The van der Waals surface area contributed by atoms with E-state index in [1.807, 2.05) is 42.2 Å². The molecule has 1 aromatic carbocycles. The molecule has 20 heavy (non-hydrogen) atoms. The van der Waals surface area contributed by atoms with Gasteiger partial charge in [-0.25, -0.2) is 0 Å². The third-order valence-electron chi connectivity index (χ3n) is 3.77. The van der Waals surface area contributed by atoms with E-state index in [2.05, 4.69) is 5.32 Å². The van der Waals surface area contributed by atoms with Crippen LogP contribution in [0.3, 0.4) is 0 Å². The molecule has 1 saturated heterocycles. The van der Waals surface area contributed by atoms with Crippen molar-refractivity contribution in [3.63, 3.8) is 0 Å². The Bertz CT molecular complexity index is 475. The minimum Gasteiger partial charge on any atom is -0.481 e. The van der Waals surface area contributed by atoms with E-state index in [0.717, 1.165) is 5.69 Å². The number of nitrogens with zero attached hydrogens (tertiary/aromatic N) is 1. The molecule has 108 valence electrons. The lowest BCUT2D eigenvalue weighted by Gasteiger charge is -2.35. The maximum absolute atomic E-state index is 12.0. The zero-order valence-corrected chi connectivity index (χ0v) is 11.6. The molecule has 5 nitrogen and oxygen atoms in total. The van der Waals surface area contributed by atoms with E-state index in [-0.39, 0.29) is 17.9 Å². The lowest BCUT2D eigenvalue weighted by atomic mass is 9.92. The van der Waals surface area contributed by atoms with Gasteiger partial charge in [0.25, 0.3) is 0 Å². The molecule has 1 fully saturated rings. The van der Waals surface area contributed by atoms with Gasteiger partial charge in [-0.2, -0.15) is 0 Å². The van der Waals surface area contributed by atoms with Gasteiger partial charge in [0, 0.05) is 11.7 Å². The zero-order valence-electron chi connectivity index (χ0n) is 11.6. The predicted octanol–water partition coefficient (Wildman–Crippen LogP) is 1.81. The van der Waals surface area contributed by atoms with Crippen LogP contribution in [0.15, 0.2) is 30.3 Å². The Morgan fingerprint density at radius 3 is 2.65 bits per heavy atom. The number of carbonyl (C=O) groups excluding carboxylic acids is 1. The molecule has 1 amide bonds. The van der Waals surface area contributed by atoms with E-state index in [1.54, 1.807) is 0 Å². The summed E-state index contributed by atoms with van der Waals surface area (Å²) in [6.07, 6.45) is 1.21. The van der Waals surface area contributed by atoms with E-state index in [0.29, 0.717) is 25.9 Å². The number of amides is 1. The first-order chi connectivity index (χ1) is 9.56. The van der Waals surface area contributed by atoms with Crippen LogP contribution in [0, 0.1) is 5.92 Å². The number of anilines is 1. The molecule has 0 aromatic heterocycles. The lowest BCUT2D eigenvalue weighted by Crippen LogP contribution is -2.46. The fourth-order valence-corrected chi connectivity index (χ4v) is 2.59. The number of benzene rings is 1. The van der Waals surface area contributed by atoms with Crippen molar-refractivity contribution >= 4 is 17.6 Å². The molecule has 0 bridgehead atoms. The van der Waals surface area contributed by atoms with Gasteiger partial charge in [-0.1, -0.05) is 18.2 Å². The summed E-state index contributed by atoms with van der Waals surface area (Å²) in [5.41, 5.74) is 0.783. The highest BCUT2D eigenvalue weighted by molar-refractivity contribution is 5.92. The Morgan fingerprint density at radius 2 is 2.05 bits per heavy atom. The second-order valence-corrected chi connectivity index (χ2v) is 5.29. The molecule has 2 atom stereocenters. The number of carbonyl (C=O) groups is 2. The average Bonchev–Trinajstić information content (AvgIpc) is 2.42. The Labute approximate surface area is 118 Å². The summed E-state index contributed by atoms with van der Waals surface area (Å²) < 4.78 is 0. The van der Waals surface area contributed by atoms with Crippen LogP contribution in [0.25, 0.3) is 0 Å². The van der Waals surface area contributed by atoms with Gasteiger partial charge in [-0.05, 0) is 38.4 Å². The number of carboxylic acid groups (broad SMARTS) is 1. The molecule has 0 spiro atoms. The van der Waals surface area contributed by atoms with Gasteiger partial charge in [-0.3, -0.25) is 14.5 Å². The van der Waals surface area contributed by atoms with E-state index in [4.69, 9.17) is 5.11 Å². The second-order valence-electron chi connectivity index (χ2n) is 5.29. The third-order valence-corrected chi connectivity index (χ3v) is 3.77. The van der Waals surface area contributed by atoms with Crippen molar-refractivity contribution in [3.05, 3.63) is 30.3 Å². The molecule has 1 aliphatic rings. The van der Waals surface area contributed by atoms with Gasteiger partial charge < -0.3 is 10.4 Å². The first-order valence-corrected chi connectivity index (χ1v) is 6.88. The smallest absolute Gasteiger partial charge is 0.306 e. The zero-order chi connectivity index (χ0) is 14.5. The molecule has 1 aromatic rings. The lowest BCUT2D eigenvalue weighted by molar-refractivity contribution is -0.144. The molecular formula is C15H20N2O3. The normalized spacial score (nSPS) is 23.2. The van der Waals surface area contributed by atoms with E-state index >= 15 is 0 Å². The Kier molecular flexibility index (Phi) is 4.74. The predicted molar refractivity (Wildman–Crippen MR) is 76.5 cm³/mol. The summed E-state index contributed by atoms with van der Waals surface area (Å²) in [5, 5.41) is 11.9. The van der Waals surface area contributed by atoms with Gasteiger partial charge in [-0.15, -0.1) is 0 Å². The van der Waals surface area contributed by atoms with Crippen molar-refractivity contribution in [1.82, 2.24) is 4.90 Å². The monoisotopic (exact) mass is 276 g/mol. The Balaban J connectivity index is 1.84. The highest BCUT2D eigenvalue weighted by atomic mass is 16.4. The molecule has 1 heterocycles. The number of likely N-dealkylation sites (tertiary alicyclic amines) is 1. The largest absolute Gasteiger partial charge is 0.481 e. The van der Waals surface area contributed by atoms with Gasteiger partial charge >= 0.3 is 5.97 Å². The van der Waals surface area contributed by atoms with E-state index in [9.17, 15) is 9.59 Å². The van der Waals surface area contributed by atoms with Crippen LogP contribution in [0.2, 0.25) is 0 Å². The second kappa shape index (κ2) is 6.52. The first kappa shape index (κ1) is 14.5. The van der Waals surface area contributed by atoms with Crippen molar-refractivity contribution in [2.75, 3.05) is 18.4 Å². The molecule has 0 radical (unpaired) electrons. The summed E-state index contributed by atoms with van der Waals surface area (Å²) in [6, 6.07) is 9.45. The first-order valence-electron chi connectivity index (χ1n) is 6.88. The van der Waals surface area contributed by atoms with Gasteiger partial charge in [0.1, 0.15) is 0 Å². The maximum atomic E-state index is 12.0. The average molecular weight is 276 g/mol. The fourth-order valence-electron chi connectivity index (χ4n) is 2.59. The number of hydrogen-bond donors (Lipinski definition) is 2. The summed E-state index contributed by atoms with van der Waals surface area (Å²) >= 11 is 0. The van der Waals surface area contributed by atoms with Crippen LogP contribution in [-0.2, 0) is 9.59 Å². The quantitative estimate of drug-likeness (QED) is 0.880. The van der Waals surface area contributed by atoms with Crippen molar-refractivity contribution in [2.45, 2.75) is 25.8 Å². The molecule has 2 N–H and O–H groups in total. The van der Waals surface area contributed by atoms with Crippen molar-refractivity contribution in [3.8, 4) is 0 Å². The van der Waals surface area contributed by atoms with E-state index < -0.39 is 5.97 Å². The highest BCUT2D eigenvalue weighted by Crippen LogP contribution is 2.22. The Morgan fingerprint density at radius 1 is 1.35 bits per heavy atom. The highest BCUT2D eigenvalue weighted by Gasteiger charge is 2.30. The molecular weight excluding hydrogens is 256 g/mol. The van der Waals surface area contributed by atoms with Crippen molar-refractivity contribution in [2.24, 2.45) is 5.92 Å². The number of piperidine rings is 1. The minimum atomic E-state index is -0.731. The molecule has 0 aliphatic carbocycles. The van der Waals surface area contributed by atoms with Crippen LogP contribution >= 0.6 is 0 Å². The molecule has 2 unspecified atom stereocenters. The number of rotatable bonds is 4. The standard InChI is InChI=1S/C15H20N2O3/c1-11-9-12(15(19)20)7-8-17(11)10-14(18)16-13-5-3-2-4-6-13/h2-6,11-12H,7-10H2,1H3,(H,16,18)(H,19,20). The van der Waals surface area contributed by atoms with Gasteiger partial charge in [0.05, 0.1) is 12.5 Å². The van der Waals surface area contributed by atoms with Crippen LogP contribution in [0.5, 0.6) is 0 Å². The number of carboxylic acids is 1. The molecule has 0 saturated carbocycles. The van der Waals surface area contributed by atoms with Crippen LogP contribution in [0.4, 0.5) is 5.69 Å². The summed E-state index contributed by atoms with van der Waals surface area (Å²) in [6.45, 7) is 2.94. The van der Waals surface area contributed by atoms with Crippen molar-refractivity contribution in [1.29, 1.82) is 0 Å². The summed E-state index contributed by atoms with van der Waals surface area (Å²) in [7, 11) is 0. The molecule has 2 rings (SSSR count). The van der Waals surface area contributed by atoms with Crippen LogP contribution in [0.1, 0.15) is 19.8 Å². The fraction of sp³-hybridized carbons (Fsp3) is 0.467. The molecule has 5 heteroatoms. The minimum absolute atomic E-state index is 0.0585. The third kappa shape index (κ3) is 3.81. The number of para-hydroxylation sites is 1. The van der Waals surface area contributed by atoms with Crippen LogP contribution in [-0.4, -0.2) is 41.0 Å². The molecule has 1 aliphatic heterocycles.